The molecule has 131 valence electrons. The molecular weight excluding hydrogens is 303 g/mol. The van der Waals surface area contributed by atoms with Crippen LogP contribution in [-0.4, -0.2) is 54.7 Å². The molecule has 23 heavy (non-hydrogen) atoms. The third-order valence-corrected chi connectivity index (χ3v) is 3.53. The Labute approximate surface area is 164 Å². The van der Waals surface area contributed by atoms with Crippen LogP contribution in [-0.2, 0) is 19.1 Å². The van der Waals surface area contributed by atoms with E-state index in [1.165, 1.54) is 0 Å². The van der Waals surface area contributed by atoms with Gasteiger partial charge in [-0.1, -0.05) is 52.4 Å². The van der Waals surface area contributed by atoms with Crippen molar-refractivity contribution in [2.75, 3.05) is 13.2 Å². The standard InChI is InChI=1S/C18H34O4.Na/c1-3-5-15-21-17(19)13-11-9-7-8-10-12-14-18(20)22-16-6-4-2;/h3-16H2,1-2H3;. The zero-order valence-corrected chi connectivity index (χ0v) is 17.5. The first-order chi connectivity index (χ1) is 10.7. The molecule has 0 bridgehead atoms. The fourth-order valence-corrected chi connectivity index (χ4v) is 2.05. The minimum Gasteiger partial charge on any atom is -0.466 e. The summed E-state index contributed by atoms with van der Waals surface area (Å²) in [6, 6.07) is 0. The number of esters is 2. The van der Waals surface area contributed by atoms with Gasteiger partial charge in [-0.25, -0.2) is 0 Å². The molecule has 4 nitrogen and oxygen atoms in total. The van der Waals surface area contributed by atoms with Crippen LogP contribution in [0, 0.1) is 0 Å². The Morgan fingerprint density at radius 2 is 0.957 bits per heavy atom. The molecule has 0 saturated carbocycles. The van der Waals surface area contributed by atoms with Crippen LogP contribution in [0.3, 0.4) is 0 Å². The van der Waals surface area contributed by atoms with E-state index in [2.05, 4.69) is 13.8 Å². The molecule has 0 rings (SSSR count). The van der Waals surface area contributed by atoms with Gasteiger partial charge in [0.15, 0.2) is 0 Å². The minimum atomic E-state index is -0.0664. The molecule has 0 amide bonds. The Morgan fingerprint density at radius 3 is 1.30 bits per heavy atom. The van der Waals surface area contributed by atoms with Crippen LogP contribution in [0.1, 0.15) is 90.9 Å². The average Bonchev–Trinajstić information content (AvgIpc) is 2.50. The van der Waals surface area contributed by atoms with E-state index in [1.54, 1.807) is 0 Å². The molecule has 0 heterocycles. The molecule has 1 radical (unpaired) electrons. The number of carbonyl (C=O) groups excluding carboxylic acids is 2. The number of hydrogen-bond donors (Lipinski definition) is 0. The second-order valence-electron chi connectivity index (χ2n) is 5.77. The molecule has 0 N–H and O–H groups in total. The van der Waals surface area contributed by atoms with Crippen molar-refractivity contribution >= 4 is 41.5 Å². The van der Waals surface area contributed by atoms with Gasteiger partial charge >= 0.3 is 11.9 Å². The van der Waals surface area contributed by atoms with E-state index in [0.717, 1.165) is 64.2 Å². The molecule has 0 aromatic carbocycles. The predicted octanol–water partition coefficient (Wildman–Crippen LogP) is 4.41. The molecule has 0 atom stereocenters. The number of rotatable bonds is 15. The zero-order valence-electron chi connectivity index (χ0n) is 15.5. The first-order valence-electron chi connectivity index (χ1n) is 9.02. The van der Waals surface area contributed by atoms with E-state index in [4.69, 9.17) is 9.47 Å². The van der Waals surface area contributed by atoms with Gasteiger partial charge in [-0.05, 0) is 25.7 Å². The van der Waals surface area contributed by atoms with Gasteiger partial charge in [-0.3, -0.25) is 9.59 Å². The summed E-state index contributed by atoms with van der Waals surface area (Å²) in [4.78, 5) is 22.7. The van der Waals surface area contributed by atoms with E-state index in [9.17, 15) is 9.59 Å². The second-order valence-corrected chi connectivity index (χ2v) is 5.77. The first-order valence-corrected chi connectivity index (χ1v) is 9.02. The van der Waals surface area contributed by atoms with Crippen molar-refractivity contribution in [2.24, 2.45) is 0 Å². The summed E-state index contributed by atoms with van der Waals surface area (Å²) >= 11 is 0. The molecule has 0 spiro atoms. The monoisotopic (exact) mass is 337 g/mol. The molecule has 0 aliphatic carbocycles. The summed E-state index contributed by atoms with van der Waals surface area (Å²) in [5.74, 6) is -0.133. The Balaban J connectivity index is 0. The maximum atomic E-state index is 11.4. The summed E-state index contributed by atoms with van der Waals surface area (Å²) in [6.07, 6.45) is 11.3. The molecule has 0 saturated heterocycles. The van der Waals surface area contributed by atoms with Crippen molar-refractivity contribution in [3.8, 4) is 0 Å². The third-order valence-electron chi connectivity index (χ3n) is 3.53. The molecule has 0 aliphatic rings. The Bertz CT molecular complexity index is 254. The first kappa shape index (κ1) is 25.2. The van der Waals surface area contributed by atoms with E-state index in [1.807, 2.05) is 0 Å². The molecule has 0 unspecified atom stereocenters. The van der Waals surface area contributed by atoms with Gasteiger partial charge < -0.3 is 9.47 Å². The summed E-state index contributed by atoms with van der Waals surface area (Å²) in [6.45, 7) is 5.28. The van der Waals surface area contributed by atoms with Crippen LogP contribution in [0.25, 0.3) is 0 Å². The van der Waals surface area contributed by atoms with Crippen LogP contribution in [0.5, 0.6) is 0 Å². The molecule has 5 heteroatoms. The van der Waals surface area contributed by atoms with Crippen molar-refractivity contribution in [1.82, 2.24) is 0 Å². The quantitative estimate of drug-likeness (QED) is 0.252. The SMILES string of the molecule is CCCCOC(=O)CCCCCCCCC(=O)OCCCC.[Na]. The third kappa shape index (κ3) is 19.9. The van der Waals surface area contributed by atoms with Crippen LogP contribution >= 0.6 is 0 Å². The van der Waals surface area contributed by atoms with E-state index in [0.29, 0.717) is 26.1 Å². The van der Waals surface area contributed by atoms with Gasteiger partial charge in [0, 0.05) is 42.4 Å². The van der Waals surface area contributed by atoms with Gasteiger partial charge in [0.25, 0.3) is 0 Å². The molecule has 0 fully saturated rings. The predicted molar refractivity (Wildman–Crippen MR) is 94.4 cm³/mol. The van der Waals surface area contributed by atoms with Gasteiger partial charge in [0.1, 0.15) is 0 Å². The largest absolute Gasteiger partial charge is 0.466 e. The van der Waals surface area contributed by atoms with Crippen molar-refractivity contribution < 1.29 is 19.1 Å². The minimum absolute atomic E-state index is 0. The number of hydrogen-bond acceptors (Lipinski definition) is 4. The van der Waals surface area contributed by atoms with Crippen LogP contribution in [0.15, 0.2) is 0 Å². The van der Waals surface area contributed by atoms with Gasteiger partial charge in [-0.15, -0.1) is 0 Å². The molecule has 0 aromatic rings. The summed E-state index contributed by atoms with van der Waals surface area (Å²) in [5, 5.41) is 0. The van der Waals surface area contributed by atoms with Crippen molar-refractivity contribution in [3.05, 3.63) is 0 Å². The van der Waals surface area contributed by atoms with Crippen molar-refractivity contribution in [3.63, 3.8) is 0 Å². The van der Waals surface area contributed by atoms with Crippen LogP contribution < -0.4 is 0 Å². The Kier molecular flexibility index (Phi) is 21.9. The zero-order chi connectivity index (χ0) is 16.5. The molecule has 0 aliphatic heterocycles. The summed E-state index contributed by atoms with van der Waals surface area (Å²) in [7, 11) is 0. The maximum Gasteiger partial charge on any atom is 0.305 e. The van der Waals surface area contributed by atoms with Gasteiger partial charge in [0.2, 0.25) is 0 Å². The second kappa shape index (κ2) is 20.0. The topological polar surface area (TPSA) is 52.6 Å². The Morgan fingerprint density at radius 1 is 0.609 bits per heavy atom. The fourth-order valence-electron chi connectivity index (χ4n) is 2.05. The van der Waals surface area contributed by atoms with E-state index >= 15 is 0 Å². The fraction of sp³-hybridized carbons (Fsp3) is 0.889. The maximum absolute atomic E-state index is 11.4. The van der Waals surface area contributed by atoms with Gasteiger partial charge in [0.05, 0.1) is 13.2 Å². The number of unbranched alkanes of at least 4 members (excludes halogenated alkanes) is 7. The molecule has 0 aromatic heterocycles. The van der Waals surface area contributed by atoms with Gasteiger partial charge in [-0.2, -0.15) is 0 Å². The van der Waals surface area contributed by atoms with Crippen molar-refractivity contribution in [1.29, 1.82) is 0 Å². The van der Waals surface area contributed by atoms with Crippen molar-refractivity contribution in [2.45, 2.75) is 90.9 Å². The van der Waals surface area contributed by atoms with Crippen LogP contribution in [0.4, 0.5) is 0 Å². The normalized spacial score (nSPS) is 10.0. The van der Waals surface area contributed by atoms with Crippen LogP contribution in [0.2, 0.25) is 0 Å². The van der Waals surface area contributed by atoms with E-state index in [-0.39, 0.29) is 41.5 Å². The Hall–Kier alpha value is -0.0600. The molecular formula is C18H34NaO4. The van der Waals surface area contributed by atoms with E-state index < -0.39 is 0 Å². The summed E-state index contributed by atoms with van der Waals surface area (Å²) < 4.78 is 10.2. The number of carbonyl (C=O) groups is 2. The number of ether oxygens (including phenoxy) is 2. The smallest absolute Gasteiger partial charge is 0.305 e. The average molecular weight is 337 g/mol. The summed E-state index contributed by atoms with van der Waals surface area (Å²) in [5.41, 5.74) is 0.